The van der Waals surface area contributed by atoms with Crippen molar-refractivity contribution in [3.63, 3.8) is 0 Å². The Bertz CT molecular complexity index is 596. The summed E-state index contributed by atoms with van der Waals surface area (Å²) in [5.74, 6) is -0.189. The highest BCUT2D eigenvalue weighted by Crippen LogP contribution is 2.18. The molecule has 2 aromatic rings. The van der Waals surface area contributed by atoms with Crippen LogP contribution < -0.4 is 11.1 Å². The van der Waals surface area contributed by atoms with Gasteiger partial charge in [0.1, 0.15) is 0 Å². The molecule has 1 aromatic heterocycles. The number of hydrogen-bond donors (Lipinski definition) is 2. The van der Waals surface area contributed by atoms with Crippen LogP contribution in [0.15, 0.2) is 41.0 Å². The minimum atomic E-state index is -0.189. The largest absolute Gasteiger partial charge is 0.398 e. The lowest BCUT2D eigenvalue weighted by molar-refractivity contribution is 0.0952. The second-order valence-corrected chi connectivity index (χ2v) is 5.14. The van der Waals surface area contributed by atoms with E-state index in [4.69, 9.17) is 5.73 Å². The van der Waals surface area contributed by atoms with E-state index in [0.29, 0.717) is 17.8 Å². The summed E-state index contributed by atoms with van der Waals surface area (Å²) in [7, 11) is 0. The van der Waals surface area contributed by atoms with Gasteiger partial charge in [-0.3, -0.25) is 9.78 Å². The van der Waals surface area contributed by atoms with E-state index in [0.717, 1.165) is 15.7 Å². The van der Waals surface area contributed by atoms with Gasteiger partial charge in [-0.05, 0) is 36.8 Å². The molecule has 19 heavy (non-hydrogen) atoms. The number of anilines is 1. The van der Waals surface area contributed by atoms with Crippen molar-refractivity contribution in [2.24, 2.45) is 0 Å². The zero-order valence-electron chi connectivity index (χ0n) is 10.5. The molecule has 0 fully saturated rings. The molecule has 1 aromatic carbocycles. The quantitative estimate of drug-likeness (QED) is 0.855. The van der Waals surface area contributed by atoms with E-state index in [1.54, 1.807) is 24.4 Å². The van der Waals surface area contributed by atoms with Gasteiger partial charge in [0, 0.05) is 28.6 Å². The van der Waals surface area contributed by atoms with E-state index < -0.39 is 0 Å². The minimum absolute atomic E-state index is 0.189. The third kappa shape index (κ3) is 3.54. The number of hydrogen-bond acceptors (Lipinski definition) is 3. The molecular formula is C14H14BrN3O. The first kappa shape index (κ1) is 13.5. The molecule has 0 aliphatic carbocycles. The number of nitrogens with two attached hydrogens (primary N) is 1. The zero-order valence-corrected chi connectivity index (χ0v) is 12.1. The standard InChI is InChI=1S/C14H14BrN3O/c1-9-2-3-10(7-17-9)8-18-14(19)12-5-4-11(15)6-13(12)16/h2-7H,8,16H2,1H3,(H,18,19). The molecule has 0 aliphatic rings. The van der Waals surface area contributed by atoms with Gasteiger partial charge in [-0.2, -0.15) is 0 Å². The Morgan fingerprint density at radius 2 is 2.16 bits per heavy atom. The molecule has 0 unspecified atom stereocenters. The van der Waals surface area contributed by atoms with Crippen LogP contribution in [0, 0.1) is 6.92 Å². The fourth-order valence-corrected chi connectivity index (χ4v) is 2.00. The number of nitrogens with zero attached hydrogens (tertiary/aromatic N) is 1. The van der Waals surface area contributed by atoms with Crippen LogP contribution in [0.25, 0.3) is 0 Å². The number of nitrogen functional groups attached to an aromatic ring is 1. The van der Waals surface area contributed by atoms with Gasteiger partial charge in [0.15, 0.2) is 0 Å². The summed E-state index contributed by atoms with van der Waals surface area (Å²) < 4.78 is 0.851. The summed E-state index contributed by atoms with van der Waals surface area (Å²) >= 11 is 3.31. The van der Waals surface area contributed by atoms with E-state index in [2.05, 4.69) is 26.2 Å². The van der Waals surface area contributed by atoms with Crippen LogP contribution in [-0.2, 0) is 6.54 Å². The van der Waals surface area contributed by atoms with Gasteiger partial charge in [0.25, 0.3) is 5.91 Å². The Kier molecular flexibility index (Phi) is 4.16. The third-order valence-electron chi connectivity index (χ3n) is 2.68. The van der Waals surface area contributed by atoms with Crippen molar-refractivity contribution < 1.29 is 4.79 Å². The SMILES string of the molecule is Cc1ccc(CNC(=O)c2ccc(Br)cc2N)cn1. The average Bonchev–Trinajstić information content (AvgIpc) is 2.37. The lowest BCUT2D eigenvalue weighted by Crippen LogP contribution is -2.23. The molecule has 0 bridgehead atoms. The molecule has 0 radical (unpaired) electrons. The highest BCUT2D eigenvalue weighted by atomic mass is 79.9. The van der Waals surface area contributed by atoms with E-state index in [1.807, 2.05) is 19.1 Å². The third-order valence-corrected chi connectivity index (χ3v) is 3.18. The first-order valence-electron chi connectivity index (χ1n) is 5.81. The number of amides is 1. The van der Waals surface area contributed by atoms with Gasteiger partial charge in [0.2, 0.25) is 0 Å². The molecule has 4 nitrogen and oxygen atoms in total. The highest BCUT2D eigenvalue weighted by molar-refractivity contribution is 9.10. The number of nitrogens with one attached hydrogen (secondary N) is 1. The van der Waals surface area contributed by atoms with Gasteiger partial charge < -0.3 is 11.1 Å². The molecule has 3 N–H and O–H groups in total. The van der Waals surface area contributed by atoms with Gasteiger partial charge in [-0.25, -0.2) is 0 Å². The molecular weight excluding hydrogens is 306 g/mol. The summed E-state index contributed by atoms with van der Waals surface area (Å²) in [6.45, 7) is 2.35. The van der Waals surface area contributed by atoms with Crippen LogP contribution in [0.1, 0.15) is 21.6 Å². The first-order valence-corrected chi connectivity index (χ1v) is 6.60. The number of halogens is 1. The van der Waals surface area contributed by atoms with Crippen molar-refractivity contribution in [2.75, 3.05) is 5.73 Å². The van der Waals surface area contributed by atoms with Gasteiger partial charge >= 0.3 is 0 Å². The van der Waals surface area contributed by atoms with Crippen LogP contribution >= 0.6 is 15.9 Å². The maximum absolute atomic E-state index is 12.0. The van der Waals surface area contributed by atoms with Crippen molar-refractivity contribution in [3.05, 3.63) is 57.8 Å². The maximum atomic E-state index is 12.0. The molecule has 0 saturated heterocycles. The smallest absolute Gasteiger partial charge is 0.253 e. The normalized spacial score (nSPS) is 10.2. The molecule has 1 amide bonds. The molecule has 5 heteroatoms. The lowest BCUT2D eigenvalue weighted by atomic mass is 10.1. The van der Waals surface area contributed by atoms with Gasteiger partial charge in [0.05, 0.1) is 5.56 Å². The molecule has 1 heterocycles. The van der Waals surface area contributed by atoms with E-state index in [-0.39, 0.29) is 5.91 Å². The summed E-state index contributed by atoms with van der Waals surface area (Å²) in [6, 6.07) is 9.05. The van der Waals surface area contributed by atoms with E-state index >= 15 is 0 Å². The van der Waals surface area contributed by atoms with Gasteiger partial charge in [-0.1, -0.05) is 22.0 Å². The molecule has 0 atom stereocenters. The van der Waals surface area contributed by atoms with Gasteiger partial charge in [-0.15, -0.1) is 0 Å². The predicted octanol–water partition coefficient (Wildman–Crippen LogP) is 2.66. The Morgan fingerprint density at radius 3 is 2.79 bits per heavy atom. The van der Waals surface area contributed by atoms with Crippen LogP contribution in [0.3, 0.4) is 0 Å². The summed E-state index contributed by atoms with van der Waals surface area (Å²) in [5.41, 5.74) is 8.64. The highest BCUT2D eigenvalue weighted by Gasteiger charge is 2.09. The van der Waals surface area contributed by atoms with E-state index in [1.165, 1.54) is 0 Å². The Balaban J connectivity index is 2.03. The monoisotopic (exact) mass is 319 g/mol. The van der Waals surface area contributed by atoms with Crippen molar-refractivity contribution >= 4 is 27.5 Å². The Morgan fingerprint density at radius 1 is 1.37 bits per heavy atom. The summed E-state index contributed by atoms with van der Waals surface area (Å²) in [6.07, 6.45) is 1.75. The first-order chi connectivity index (χ1) is 9.06. The average molecular weight is 320 g/mol. The van der Waals surface area contributed by atoms with Crippen LogP contribution in [0.2, 0.25) is 0 Å². The Labute approximate surface area is 120 Å². The van der Waals surface area contributed by atoms with Crippen LogP contribution in [-0.4, -0.2) is 10.9 Å². The molecule has 98 valence electrons. The molecule has 2 rings (SSSR count). The number of carbonyl (C=O) groups excluding carboxylic acids is 1. The summed E-state index contributed by atoms with van der Waals surface area (Å²) in [4.78, 5) is 16.2. The maximum Gasteiger partial charge on any atom is 0.253 e. The second-order valence-electron chi connectivity index (χ2n) is 4.22. The van der Waals surface area contributed by atoms with Crippen molar-refractivity contribution in [2.45, 2.75) is 13.5 Å². The number of carbonyl (C=O) groups is 1. The van der Waals surface area contributed by atoms with E-state index in [9.17, 15) is 4.79 Å². The Hall–Kier alpha value is -1.88. The number of pyridine rings is 1. The number of aryl methyl sites for hydroxylation is 1. The van der Waals surface area contributed by atoms with Crippen molar-refractivity contribution in [3.8, 4) is 0 Å². The minimum Gasteiger partial charge on any atom is -0.398 e. The molecule has 0 aliphatic heterocycles. The molecule has 0 spiro atoms. The number of rotatable bonds is 3. The van der Waals surface area contributed by atoms with Crippen molar-refractivity contribution in [1.82, 2.24) is 10.3 Å². The van der Waals surface area contributed by atoms with Crippen LogP contribution in [0.4, 0.5) is 5.69 Å². The second kappa shape index (κ2) is 5.84. The fraction of sp³-hybridized carbons (Fsp3) is 0.143. The number of aromatic nitrogens is 1. The topological polar surface area (TPSA) is 68.0 Å². The van der Waals surface area contributed by atoms with Crippen LogP contribution in [0.5, 0.6) is 0 Å². The lowest BCUT2D eigenvalue weighted by Gasteiger charge is -2.08. The zero-order chi connectivity index (χ0) is 13.8. The predicted molar refractivity (Wildman–Crippen MR) is 78.7 cm³/mol. The summed E-state index contributed by atoms with van der Waals surface area (Å²) in [5, 5.41) is 2.82. The fourth-order valence-electron chi connectivity index (χ4n) is 1.62. The number of benzene rings is 1. The van der Waals surface area contributed by atoms with Crippen molar-refractivity contribution in [1.29, 1.82) is 0 Å². The molecule has 0 saturated carbocycles.